The Morgan fingerprint density at radius 3 is 2.42 bits per heavy atom. The van der Waals surface area contributed by atoms with E-state index in [1.165, 1.54) is 6.42 Å². The molecule has 0 aromatic rings. The first-order valence-corrected chi connectivity index (χ1v) is 7.82. The number of nitrogens with zero attached hydrogens (tertiary/aromatic N) is 1. The smallest absolute Gasteiger partial charge is 0.228 e. The molecule has 0 bridgehead atoms. The fourth-order valence-electron chi connectivity index (χ4n) is 3.77. The van der Waals surface area contributed by atoms with Crippen molar-refractivity contribution in [3.63, 3.8) is 0 Å². The molecule has 1 saturated heterocycles. The van der Waals surface area contributed by atoms with Crippen molar-refractivity contribution in [3.05, 3.63) is 0 Å². The molecule has 2 N–H and O–H groups in total. The van der Waals surface area contributed by atoms with E-state index in [-0.39, 0.29) is 16.9 Å². The lowest BCUT2D eigenvalue weighted by atomic mass is 9.63. The molecule has 1 atom stereocenters. The average Bonchev–Trinajstić information content (AvgIpc) is 2.26. The quantitative estimate of drug-likeness (QED) is 0.854. The van der Waals surface area contributed by atoms with Gasteiger partial charge in [-0.05, 0) is 37.0 Å². The third-order valence-corrected chi connectivity index (χ3v) is 5.16. The Hall–Kier alpha value is -0.570. The molecule has 1 amide bonds. The summed E-state index contributed by atoms with van der Waals surface area (Å²) >= 11 is 0. The van der Waals surface area contributed by atoms with Gasteiger partial charge in [-0.1, -0.05) is 34.1 Å². The first-order valence-electron chi connectivity index (χ1n) is 7.82. The van der Waals surface area contributed by atoms with E-state index in [9.17, 15) is 4.79 Å². The Morgan fingerprint density at radius 2 is 2.00 bits per heavy atom. The first kappa shape index (κ1) is 14.8. The van der Waals surface area contributed by atoms with Gasteiger partial charge in [0.2, 0.25) is 5.91 Å². The largest absolute Gasteiger partial charge is 0.342 e. The molecule has 1 heterocycles. The second-order valence-corrected chi connectivity index (χ2v) is 7.84. The van der Waals surface area contributed by atoms with Crippen molar-refractivity contribution >= 4 is 5.91 Å². The van der Waals surface area contributed by atoms with Crippen molar-refractivity contribution in [2.75, 3.05) is 13.1 Å². The zero-order valence-corrected chi connectivity index (χ0v) is 13.0. The molecule has 1 aliphatic carbocycles. The molecule has 110 valence electrons. The van der Waals surface area contributed by atoms with E-state index in [1.54, 1.807) is 0 Å². The summed E-state index contributed by atoms with van der Waals surface area (Å²) in [5, 5.41) is 0. The van der Waals surface area contributed by atoms with Crippen LogP contribution in [0.2, 0.25) is 0 Å². The zero-order valence-electron chi connectivity index (χ0n) is 13.0. The Bertz CT molecular complexity index is 345. The summed E-state index contributed by atoms with van der Waals surface area (Å²) < 4.78 is 0. The molecule has 1 saturated carbocycles. The number of hydrogen-bond donors (Lipinski definition) is 1. The molecule has 3 nitrogen and oxygen atoms in total. The van der Waals surface area contributed by atoms with Crippen molar-refractivity contribution in [1.29, 1.82) is 0 Å². The lowest BCUT2D eigenvalue weighted by Crippen LogP contribution is -2.58. The highest BCUT2D eigenvalue weighted by atomic mass is 16.2. The van der Waals surface area contributed by atoms with Crippen LogP contribution in [0.3, 0.4) is 0 Å². The summed E-state index contributed by atoms with van der Waals surface area (Å²) in [4.78, 5) is 15.0. The van der Waals surface area contributed by atoms with Crippen LogP contribution in [0.15, 0.2) is 0 Å². The molecule has 0 radical (unpaired) electrons. The van der Waals surface area contributed by atoms with E-state index in [0.29, 0.717) is 11.8 Å². The fourth-order valence-corrected chi connectivity index (χ4v) is 3.77. The van der Waals surface area contributed by atoms with Crippen molar-refractivity contribution in [2.45, 2.75) is 65.8 Å². The van der Waals surface area contributed by atoms with Crippen LogP contribution in [-0.2, 0) is 4.79 Å². The molecule has 2 aliphatic rings. The minimum atomic E-state index is -0.0360. The molecule has 0 aromatic heterocycles. The van der Waals surface area contributed by atoms with Gasteiger partial charge in [0, 0.05) is 24.5 Å². The summed E-state index contributed by atoms with van der Waals surface area (Å²) in [6.45, 7) is 10.5. The summed E-state index contributed by atoms with van der Waals surface area (Å²) in [6.07, 6.45) is 5.39. The third-order valence-electron chi connectivity index (χ3n) is 5.16. The van der Waals surface area contributed by atoms with Crippen molar-refractivity contribution < 1.29 is 4.79 Å². The van der Waals surface area contributed by atoms with Gasteiger partial charge in [0.1, 0.15) is 0 Å². The van der Waals surface area contributed by atoms with Crippen LogP contribution in [0.1, 0.15) is 59.8 Å². The Labute approximate surface area is 117 Å². The Kier molecular flexibility index (Phi) is 3.97. The van der Waals surface area contributed by atoms with E-state index >= 15 is 0 Å². The van der Waals surface area contributed by atoms with Gasteiger partial charge in [-0.2, -0.15) is 0 Å². The first-order chi connectivity index (χ1) is 8.77. The molecule has 2 fully saturated rings. The van der Waals surface area contributed by atoms with Gasteiger partial charge < -0.3 is 10.6 Å². The minimum Gasteiger partial charge on any atom is -0.342 e. The molecule has 0 aromatic carbocycles. The molecule has 19 heavy (non-hydrogen) atoms. The monoisotopic (exact) mass is 266 g/mol. The lowest BCUT2D eigenvalue weighted by Gasteiger charge is -2.49. The number of hydrogen-bond acceptors (Lipinski definition) is 2. The highest BCUT2D eigenvalue weighted by Gasteiger charge is 2.48. The third kappa shape index (κ3) is 2.81. The maximum atomic E-state index is 12.9. The maximum Gasteiger partial charge on any atom is 0.228 e. The number of carbonyl (C=O) groups is 1. The van der Waals surface area contributed by atoms with Crippen LogP contribution in [0.5, 0.6) is 0 Å². The topological polar surface area (TPSA) is 46.3 Å². The predicted octanol–water partition coefficient (Wildman–Crippen LogP) is 2.79. The molecule has 1 unspecified atom stereocenters. The summed E-state index contributed by atoms with van der Waals surface area (Å²) in [7, 11) is 0. The highest BCUT2D eigenvalue weighted by Crippen LogP contribution is 2.48. The van der Waals surface area contributed by atoms with Gasteiger partial charge >= 0.3 is 0 Å². The molecule has 2 rings (SSSR count). The van der Waals surface area contributed by atoms with E-state index in [4.69, 9.17) is 5.73 Å². The average molecular weight is 266 g/mol. The molecule has 3 heteroatoms. The number of rotatable bonds is 3. The van der Waals surface area contributed by atoms with Gasteiger partial charge in [-0.15, -0.1) is 0 Å². The predicted molar refractivity (Wildman–Crippen MR) is 78.7 cm³/mol. The van der Waals surface area contributed by atoms with Crippen LogP contribution in [0, 0.1) is 16.7 Å². The Balaban J connectivity index is 2.07. The lowest BCUT2D eigenvalue weighted by molar-refractivity contribution is -0.152. The van der Waals surface area contributed by atoms with Gasteiger partial charge in [-0.25, -0.2) is 0 Å². The number of likely N-dealkylation sites (tertiary alicyclic amines) is 1. The van der Waals surface area contributed by atoms with Crippen molar-refractivity contribution in [3.8, 4) is 0 Å². The molecular formula is C16H30N2O. The number of amides is 1. The summed E-state index contributed by atoms with van der Waals surface area (Å²) in [5.74, 6) is 1.01. The summed E-state index contributed by atoms with van der Waals surface area (Å²) in [6, 6.07) is 0.221. The van der Waals surface area contributed by atoms with Gasteiger partial charge in [-0.3, -0.25) is 4.79 Å². The maximum absolute atomic E-state index is 12.9. The van der Waals surface area contributed by atoms with Gasteiger partial charge in [0.15, 0.2) is 0 Å². The highest BCUT2D eigenvalue weighted by molar-refractivity contribution is 5.83. The normalized spacial score (nSPS) is 29.2. The molecule has 1 aliphatic heterocycles. The van der Waals surface area contributed by atoms with Crippen LogP contribution >= 0.6 is 0 Å². The van der Waals surface area contributed by atoms with Gasteiger partial charge in [0.05, 0.1) is 0 Å². The summed E-state index contributed by atoms with van der Waals surface area (Å²) in [5.41, 5.74) is 6.19. The van der Waals surface area contributed by atoms with E-state index in [0.717, 1.165) is 38.8 Å². The SMILES string of the molecule is CC(C)CC1(C(=O)N2CCC(N)C(C)(C)C2)CCC1. The second kappa shape index (κ2) is 5.08. The minimum absolute atomic E-state index is 0.0360. The van der Waals surface area contributed by atoms with Crippen molar-refractivity contribution in [1.82, 2.24) is 4.90 Å². The van der Waals surface area contributed by atoms with Gasteiger partial charge in [0.25, 0.3) is 0 Å². The van der Waals surface area contributed by atoms with Crippen LogP contribution < -0.4 is 5.73 Å². The molecular weight excluding hydrogens is 236 g/mol. The van der Waals surface area contributed by atoms with Crippen molar-refractivity contribution in [2.24, 2.45) is 22.5 Å². The standard InChI is InChI=1S/C16H30N2O/c1-12(2)10-16(7-5-8-16)14(19)18-9-6-13(17)15(3,4)11-18/h12-13H,5-11,17H2,1-4H3. The molecule has 0 spiro atoms. The van der Waals surface area contributed by atoms with E-state index in [1.807, 2.05) is 0 Å². The zero-order chi connectivity index (χ0) is 14.3. The van der Waals surface area contributed by atoms with E-state index < -0.39 is 0 Å². The Morgan fingerprint density at radius 1 is 1.37 bits per heavy atom. The van der Waals surface area contributed by atoms with Crippen LogP contribution in [-0.4, -0.2) is 29.9 Å². The number of carbonyl (C=O) groups excluding carboxylic acids is 1. The van der Waals surface area contributed by atoms with Crippen LogP contribution in [0.25, 0.3) is 0 Å². The number of nitrogens with two attached hydrogens (primary N) is 1. The fraction of sp³-hybridized carbons (Fsp3) is 0.938. The number of piperidine rings is 1. The van der Waals surface area contributed by atoms with E-state index in [2.05, 4.69) is 32.6 Å². The second-order valence-electron chi connectivity index (χ2n) is 7.84. The van der Waals surface area contributed by atoms with Crippen LogP contribution in [0.4, 0.5) is 0 Å².